The Morgan fingerprint density at radius 2 is 2.04 bits per heavy atom. The highest BCUT2D eigenvalue weighted by Crippen LogP contribution is 2.78. The van der Waals surface area contributed by atoms with Crippen molar-refractivity contribution >= 4 is 11.7 Å². The maximum Gasteiger partial charge on any atom is 0.316 e. The average Bonchev–Trinajstić information content (AvgIpc) is 3.25. The van der Waals surface area contributed by atoms with E-state index < -0.39 is 11.0 Å². The molecule has 2 saturated heterocycles. The van der Waals surface area contributed by atoms with Crippen LogP contribution in [0.3, 0.4) is 0 Å². The first kappa shape index (κ1) is 17.3. The Bertz CT molecular complexity index is 873. The Hall–Kier alpha value is -1.59. The number of likely N-dealkylation sites (N-methyl/N-ethyl adjacent to an activating group) is 1. The summed E-state index contributed by atoms with van der Waals surface area (Å²) < 4.78 is 5.43. The molecule has 2 bridgehead atoms. The van der Waals surface area contributed by atoms with Gasteiger partial charge in [0, 0.05) is 24.2 Å². The van der Waals surface area contributed by atoms with Crippen LogP contribution >= 0.6 is 0 Å². The third kappa shape index (κ3) is 1.44. The molecule has 150 valence electrons. The Morgan fingerprint density at radius 1 is 1.21 bits per heavy atom. The SMILES string of the molecule is COC(=O)C1(CO)CC23CCCN4CCC5(c6ccccc6N(C)C15CC2)C43. The molecule has 3 aliphatic heterocycles. The van der Waals surface area contributed by atoms with E-state index in [0.717, 1.165) is 38.6 Å². The molecule has 0 aromatic heterocycles. The van der Waals surface area contributed by atoms with Crippen LogP contribution in [0.25, 0.3) is 0 Å². The summed E-state index contributed by atoms with van der Waals surface area (Å²) in [6, 6.07) is 9.24. The Kier molecular flexibility index (Phi) is 3.16. The molecule has 3 spiro atoms. The number of para-hydroxylation sites is 1. The van der Waals surface area contributed by atoms with Crippen LogP contribution in [-0.4, -0.2) is 61.4 Å². The van der Waals surface area contributed by atoms with Gasteiger partial charge in [-0.25, -0.2) is 0 Å². The van der Waals surface area contributed by atoms with E-state index in [1.54, 1.807) is 0 Å². The summed E-state index contributed by atoms with van der Waals surface area (Å²) in [5, 5.41) is 10.9. The Labute approximate surface area is 166 Å². The van der Waals surface area contributed by atoms with Gasteiger partial charge in [-0.2, -0.15) is 0 Å². The number of hydrogen-bond donors (Lipinski definition) is 1. The smallest absolute Gasteiger partial charge is 0.316 e. The van der Waals surface area contributed by atoms with E-state index in [2.05, 4.69) is 41.1 Å². The van der Waals surface area contributed by atoms with Crippen molar-refractivity contribution in [3.05, 3.63) is 29.8 Å². The van der Waals surface area contributed by atoms with Gasteiger partial charge < -0.3 is 14.7 Å². The molecule has 5 fully saturated rings. The average molecular weight is 383 g/mol. The van der Waals surface area contributed by atoms with Gasteiger partial charge in [-0.3, -0.25) is 9.69 Å². The molecule has 5 unspecified atom stereocenters. The molecular weight excluding hydrogens is 352 g/mol. The van der Waals surface area contributed by atoms with Gasteiger partial charge in [0.1, 0.15) is 5.41 Å². The van der Waals surface area contributed by atoms with Gasteiger partial charge in [-0.1, -0.05) is 18.2 Å². The molecule has 5 atom stereocenters. The summed E-state index contributed by atoms with van der Waals surface area (Å²) in [6.45, 7) is 2.13. The lowest BCUT2D eigenvalue weighted by Gasteiger charge is -2.73. The molecule has 28 heavy (non-hydrogen) atoms. The standard InChI is InChI=1S/C23H30N2O3/c1-24-17-7-4-3-6-16(17)22-11-13-25-12-5-8-20(18(22)25)9-10-23(22,24)21(14-20,15-26)19(27)28-2/h3-4,6-7,18,26H,5,8-15H2,1-2H3. The van der Waals surface area contributed by atoms with Gasteiger partial charge in [0.25, 0.3) is 0 Å². The lowest BCUT2D eigenvalue weighted by molar-refractivity contribution is -0.210. The zero-order chi connectivity index (χ0) is 19.4. The second-order valence-electron chi connectivity index (χ2n) is 9.97. The minimum atomic E-state index is -0.863. The topological polar surface area (TPSA) is 53.0 Å². The van der Waals surface area contributed by atoms with Crippen LogP contribution in [0.5, 0.6) is 0 Å². The fraction of sp³-hybridized carbons (Fsp3) is 0.696. The lowest BCUT2D eigenvalue weighted by atomic mass is 9.34. The van der Waals surface area contributed by atoms with Crippen LogP contribution in [-0.2, 0) is 14.9 Å². The van der Waals surface area contributed by atoms with Gasteiger partial charge in [-0.05, 0) is 68.7 Å². The first-order valence-electron chi connectivity index (χ1n) is 10.8. The number of piperidine rings is 1. The minimum absolute atomic E-state index is 0.103. The van der Waals surface area contributed by atoms with E-state index in [4.69, 9.17) is 4.74 Å². The number of carbonyl (C=O) groups excluding carboxylic acids is 1. The monoisotopic (exact) mass is 382 g/mol. The molecule has 7 rings (SSSR count). The summed E-state index contributed by atoms with van der Waals surface area (Å²) >= 11 is 0. The van der Waals surface area contributed by atoms with E-state index in [-0.39, 0.29) is 23.4 Å². The minimum Gasteiger partial charge on any atom is -0.468 e. The Balaban J connectivity index is 1.72. The third-order valence-corrected chi connectivity index (χ3v) is 9.66. The van der Waals surface area contributed by atoms with Gasteiger partial charge in [0.2, 0.25) is 0 Å². The number of benzene rings is 1. The molecule has 5 heteroatoms. The van der Waals surface area contributed by atoms with Crippen molar-refractivity contribution in [3.8, 4) is 0 Å². The maximum absolute atomic E-state index is 13.5. The lowest BCUT2D eigenvalue weighted by Crippen LogP contribution is -2.83. The van der Waals surface area contributed by atoms with E-state index in [1.807, 2.05) is 0 Å². The molecular formula is C23H30N2O3. The number of anilines is 1. The molecule has 6 aliphatic rings. The Morgan fingerprint density at radius 3 is 2.82 bits per heavy atom. The van der Waals surface area contributed by atoms with E-state index in [9.17, 15) is 9.90 Å². The van der Waals surface area contributed by atoms with Gasteiger partial charge in [0.05, 0.1) is 19.3 Å². The van der Waals surface area contributed by atoms with Gasteiger partial charge in [-0.15, -0.1) is 0 Å². The normalized spacial score (nSPS) is 45.5. The highest BCUT2D eigenvalue weighted by Gasteiger charge is 2.84. The molecule has 1 N–H and O–H groups in total. The highest BCUT2D eigenvalue weighted by molar-refractivity contribution is 5.85. The number of aliphatic hydroxyl groups is 1. The first-order chi connectivity index (χ1) is 13.5. The zero-order valence-corrected chi connectivity index (χ0v) is 16.9. The van der Waals surface area contributed by atoms with Crippen LogP contribution in [0.15, 0.2) is 24.3 Å². The van der Waals surface area contributed by atoms with Gasteiger partial charge >= 0.3 is 5.97 Å². The highest BCUT2D eigenvalue weighted by atomic mass is 16.5. The van der Waals surface area contributed by atoms with Crippen LogP contribution in [0.2, 0.25) is 0 Å². The zero-order valence-electron chi connectivity index (χ0n) is 16.9. The van der Waals surface area contributed by atoms with Crippen molar-refractivity contribution in [2.45, 2.75) is 55.5 Å². The van der Waals surface area contributed by atoms with Crippen molar-refractivity contribution in [1.82, 2.24) is 4.90 Å². The quantitative estimate of drug-likeness (QED) is 0.796. The summed E-state index contributed by atoms with van der Waals surface area (Å²) in [5.74, 6) is -0.212. The molecule has 0 amide bonds. The van der Waals surface area contributed by atoms with Crippen molar-refractivity contribution in [3.63, 3.8) is 0 Å². The number of aliphatic hydroxyl groups excluding tert-OH is 1. The van der Waals surface area contributed by atoms with Crippen molar-refractivity contribution in [2.24, 2.45) is 10.8 Å². The number of esters is 1. The number of fused-ring (bicyclic) bond motifs is 3. The number of nitrogens with zero attached hydrogens (tertiary/aromatic N) is 2. The van der Waals surface area contributed by atoms with Crippen LogP contribution in [0.4, 0.5) is 5.69 Å². The van der Waals surface area contributed by atoms with Crippen molar-refractivity contribution < 1.29 is 14.6 Å². The molecule has 1 aromatic carbocycles. The predicted molar refractivity (Wildman–Crippen MR) is 106 cm³/mol. The van der Waals surface area contributed by atoms with Crippen molar-refractivity contribution in [2.75, 3.05) is 38.8 Å². The van der Waals surface area contributed by atoms with Crippen molar-refractivity contribution in [1.29, 1.82) is 0 Å². The number of ether oxygens (including phenoxy) is 1. The molecule has 3 heterocycles. The fourth-order valence-corrected chi connectivity index (χ4v) is 9.18. The summed E-state index contributed by atoms with van der Waals surface area (Å²) in [5.41, 5.74) is 1.37. The fourth-order valence-electron chi connectivity index (χ4n) is 9.18. The number of carbonyl (C=O) groups is 1. The second-order valence-corrected chi connectivity index (χ2v) is 9.97. The van der Waals surface area contributed by atoms with Crippen LogP contribution in [0, 0.1) is 10.8 Å². The predicted octanol–water partition coefficient (Wildman–Crippen LogP) is 2.32. The molecule has 3 saturated carbocycles. The number of methoxy groups -OCH3 is 1. The molecule has 0 radical (unpaired) electrons. The van der Waals surface area contributed by atoms with E-state index >= 15 is 0 Å². The number of hydrogen-bond acceptors (Lipinski definition) is 5. The van der Waals surface area contributed by atoms with E-state index in [0.29, 0.717) is 6.04 Å². The third-order valence-electron chi connectivity index (χ3n) is 9.66. The first-order valence-corrected chi connectivity index (χ1v) is 10.8. The van der Waals surface area contributed by atoms with E-state index in [1.165, 1.54) is 31.3 Å². The summed E-state index contributed by atoms with van der Waals surface area (Å²) in [6.07, 6.45) is 6.28. The van der Waals surface area contributed by atoms with Crippen LogP contribution < -0.4 is 4.90 Å². The second kappa shape index (κ2) is 5.11. The van der Waals surface area contributed by atoms with Crippen LogP contribution in [0.1, 0.15) is 44.1 Å². The molecule has 3 aliphatic carbocycles. The number of rotatable bonds is 2. The van der Waals surface area contributed by atoms with Gasteiger partial charge in [0.15, 0.2) is 0 Å². The summed E-state index contributed by atoms with van der Waals surface area (Å²) in [7, 11) is 3.65. The molecule has 1 aromatic rings. The summed E-state index contributed by atoms with van der Waals surface area (Å²) in [4.78, 5) is 18.6. The largest absolute Gasteiger partial charge is 0.468 e. The molecule has 5 nitrogen and oxygen atoms in total. The maximum atomic E-state index is 13.5.